The molecule has 0 fully saturated rings. The lowest BCUT2D eigenvalue weighted by molar-refractivity contribution is -0.138. The van der Waals surface area contributed by atoms with E-state index in [4.69, 9.17) is 5.11 Å². The molecule has 2 N–H and O–H groups in total. The fraction of sp³-hybridized carbons (Fsp3) is 0.818. The van der Waals surface area contributed by atoms with E-state index in [0.29, 0.717) is 25.3 Å². The van der Waals surface area contributed by atoms with Gasteiger partial charge in [-0.25, -0.2) is 0 Å². The summed E-state index contributed by atoms with van der Waals surface area (Å²) in [5, 5.41) is 11.3. The van der Waals surface area contributed by atoms with Gasteiger partial charge in [0.15, 0.2) is 0 Å². The van der Waals surface area contributed by atoms with Gasteiger partial charge in [-0.15, -0.1) is 0 Å². The molecule has 0 saturated heterocycles. The molecule has 16 heavy (non-hydrogen) atoms. The first-order chi connectivity index (χ1) is 7.45. The van der Waals surface area contributed by atoms with E-state index < -0.39 is 5.97 Å². The molecular weight excluding hydrogens is 208 g/mol. The molecule has 0 rings (SSSR count). The van der Waals surface area contributed by atoms with E-state index in [0.717, 1.165) is 6.54 Å². The van der Waals surface area contributed by atoms with Crippen LogP contribution in [0.2, 0.25) is 0 Å². The van der Waals surface area contributed by atoms with E-state index in [9.17, 15) is 9.59 Å². The van der Waals surface area contributed by atoms with Crippen molar-refractivity contribution < 1.29 is 14.7 Å². The van der Waals surface area contributed by atoms with E-state index in [1.165, 1.54) is 0 Å². The maximum atomic E-state index is 11.0. The average Bonchev–Trinajstić information content (AvgIpc) is 2.15. The summed E-state index contributed by atoms with van der Waals surface area (Å²) in [6, 6.07) is 0. The monoisotopic (exact) mass is 230 g/mol. The number of aliphatic carboxylic acids is 1. The summed E-state index contributed by atoms with van der Waals surface area (Å²) in [5.41, 5.74) is 0. The number of nitrogens with zero attached hydrogens (tertiary/aromatic N) is 1. The number of carboxylic acids is 1. The zero-order valence-corrected chi connectivity index (χ0v) is 10.3. The normalized spacial score (nSPS) is 10.8. The van der Waals surface area contributed by atoms with Crippen LogP contribution in [0.15, 0.2) is 0 Å². The second-order valence-corrected chi connectivity index (χ2v) is 4.30. The van der Waals surface area contributed by atoms with Crippen LogP contribution in [-0.4, -0.2) is 48.6 Å². The molecule has 0 atom stereocenters. The topological polar surface area (TPSA) is 69.6 Å². The summed E-state index contributed by atoms with van der Waals surface area (Å²) in [6.07, 6.45) is 1.14. The molecule has 0 radical (unpaired) electrons. The molecule has 0 aliphatic rings. The number of carbonyl (C=O) groups excluding carboxylic acids is 1. The van der Waals surface area contributed by atoms with Crippen LogP contribution >= 0.6 is 0 Å². The van der Waals surface area contributed by atoms with Gasteiger partial charge in [0.1, 0.15) is 0 Å². The van der Waals surface area contributed by atoms with Crippen molar-refractivity contribution in [3.8, 4) is 0 Å². The van der Waals surface area contributed by atoms with Gasteiger partial charge in [-0.05, 0) is 18.9 Å². The smallest absolute Gasteiger partial charge is 0.317 e. The lowest BCUT2D eigenvalue weighted by Crippen LogP contribution is -2.34. The van der Waals surface area contributed by atoms with E-state index in [1.54, 1.807) is 7.05 Å². The minimum Gasteiger partial charge on any atom is -0.480 e. The third-order valence-electron chi connectivity index (χ3n) is 2.14. The molecule has 0 saturated carbocycles. The zero-order chi connectivity index (χ0) is 12.6. The Morgan fingerprint density at radius 2 is 2.00 bits per heavy atom. The first-order valence-corrected chi connectivity index (χ1v) is 5.60. The van der Waals surface area contributed by atoms with Crippen LogP contribution in [0.1, 0.15) is 26.7 Å². The van der Waals surface area contributed by atoms with Gasteiger partial charge in [0, 0.05) is 20.0 Å². The van der Waals surface area contributed by atoms with Crippen molar-refractivity contribution in [2.24, 2.45) is 5.92 Å². The first-order valence-electron chi connectivity index (χ1n) is 5.60. The molecule has 0 aromatic heterocycles. The van der Waals surface area contributed by atoms with Gasteiger partial charge >= 0.3 is 5.97 Å². The average molecular weight is 230 g/mol. The number of carbonyl (C=O) groups is 2. The Morgan fingerprint density at radius 1 is 1.38 bits per heavy atom. The number of carboxylic acid groups (broad SMARTS) is 1. The largest absolute Gasteiger partial charge is 0.480 e. The van der Waals surface area contributed by atoms with E-state index >= 15 is 0 Å². The van der Waals surface area contributed by atoms with Crippen molar-refractivity contribution >= 4 is 11.9 Å². The number of amides is 1. The molecule has 0 heterocycles. The van der Waals surface area contributed by atoms with Crippen molar-refractivity contribution in [2.75, 3.05) is 26.7 Å². The summed E-state index contributed by atoms with van der Waals surface area (Å²) in [5.74, 6) is -0.389. The SMILES string of the molecule is CNC(=O)CCCN(CC(=O)O)CC(C)C. The highest BCUT2D eigenvalue weighted by molar-refractivity contribution is 5.75. The number of rotatable bonds is 8. The quantitative estimate of drug-likeness (QED) is 0.639. The van der Waals surface area contributed by atoms with Crippen LogP contribution in [0, 0.1) is 5.92 Å². The predicted molar refractivity (Wildman–Crippen MR) is 62.2 cm³/mol. The molecular formula is C11H22N2O3. The summed E-state index contributed by atoms with van der Waals surface area (Å²) >= 11 is 0. The number of hydrogen-bond acceptors (Lipinski definition) is 3. The molecule has 94 valence electrons. The Balaban J connectivity index is 3.91. The Morgan fingerprint density at radius 3 is 2.44 bits per heavy atom. The highest BCUT2D eigenvalue weighted by Gasteiger charge is 2.11. The molecule has 0 spiro atoms. The Hall–Kier alpha value is -1.10. The standard InChI is InChI=1S/C11H22N2O3/c1-9(2)7-13(8-11(15)16)6-4-5-10(14)12-3/h9H,4-8H2,1-3H3,(H,12,14)(H,15,16). The number of nitrogens with one attached hydrogen (secondary N) is 1. The molecule has 0 bridgehead atoms. The Labute approximate surface area is 96.8 Å². The second kappa shape index (κ2) is 8.10. The summed E-state index contributed by atoms with van der Waals surface area (Å²) in [6.45, 7) is 5.55. The Kier molecular flexibility index (Phi) is 7.54. The van der Waals surface area contributed by atoms with Crippen molar-refractivity contribution in [3.05, 3.63) is 0 Å². The van der Waals surface area contributed by atoms with Crippen molar-refractivity contribution in [1.82, 2.24) is 10.2 Å². The maximum Gasteiger partial charge on any atom is 0.317 e. The first kappa shape index (κ1) is 14.9. The van der Waals surface area contributed by atoms with Gasteiger partial charge in [0.05, 0.1) is 6.54 Å². The minimum atomic E-state index is -0.819. The Bertz CT molecular complexity index is 229. The van der Waals surface area contributed by atoms with Gasteiger partial charge < -0.3 is 10.4 Å². The molecule has 5 heteroatoms. The molecule has 5 nitrogen and oxygen atoms in total. The van der Waals surface area contributed by atoms with Crippen LogP contribution in [0.25, 0.3) is 0 Å². The molecule has 0 aliphatic heterocycles. The highest BCUT2D eigenvalue weighted by atomic mass is 16.4. The van der Waals surface area contributed by atoms with Crippen molar-refractivity contribution in [2.45, 2.75) is 26.7 Å². The third-order valence-corrected chi connectivity index (χ3v) is 2.14. The summed E-state index contributed by atoms with van der Waals surface area (Å²) < 4.78 is 0. The maximum absolute atomic E-state index is 11.0. The lowest BCUT2D eigenvalue weighted by atomic mass is 10.2. The van der Waals surface area contributed by atoms with Gasteiger partial charge in [0.25, 0.3) is 0 Å². The van der Waals surface area contributed by atoms with E-state index in [1.807, 2.05) is 18.7 Å². The van der Waals surface area contributed by atoms with Gasteiger partial charge in [0.2, 0.25) is 5.91 Å². The molecule has 0 aromatic carbocycles. The van der Waals surface area contributed by atoms with Crippen LogP contribution in [0.5, 0.6) is 0 Å². The van der Waals surface area contributed by atoms with Gasteiger partial charge in [-0.1, -0.05) is 13.8 Å². The number of hydrogen-bond donors (Lipinski definition) is 2. The second-order valence-electron chi connectivity index (χ2n) is 4.30. The fourth-order valence-corrected chi connectivity index (χ4v) is 1.53. The van der Waals surface area contributed by atoms with Gasteiger partial charge in [-0.2, -0.15) is 0 Å². The van der Waals surface area contributed by atoms with Gasteiger partial charge in [-0.3, -0.25) is 14.5 Å². The van der Waals surface area contributed by atoms with Crippen LogP contribution in [0.4, 0.5) is 0 Å². The summed E-state index contributed by atoms with van der Waals surface area (Å²) in [4.78, 5) is 23.5. The van der Waals surface area contributed by atoms with Crippen LogP contribution < -0.4 is 5.32 Å². The van der Waals surface area contributed by atoms with E-state index in [-0.39, 0.29) is 12.5 Å². The molecule has 1 amide bonds. The van der Waals surface area contributed by atoms with Crippen molar-refractivity contribution in [1.29, 1.82) is 0 Å². The summed E-state index contributed by atoms with van der Waals surface area (Å²) in [7, 11) is 1.60. The molecule has 0 unspecified atom stereocenters. The van der Waals surface area contributed by atoms with Crippen LogP contribution in [0.3, 0.4) is 0 Å². The van der Waals surface area contributed by atoms with Crippen molar-refractivity contribution in [3.63, 3.8) is 0 Å². The predicted octanol–water partition coefficient (Wildman–Crippen LogP) is 0.555. The van der Waals surface area contributed by atoms with Crippen LogP contribution in [-0.2, 0) is 9.59 Å². The highest BCUT2D eigenvalue weighted by Crippen LogP contribution is 2.01. The van der Waals surface area contributed by atoms with E-state index in [2.05, 4.69) is 5.32 Å². The lowest BCUT2D eigenvalue weighted by Gasteiger charge is -2.21. The molecule has 0 aliphatic carbocycles. The fourth-order valence-electron chi connectivity index (χ4n) is 1.53. The molecule has 0 aromatic rings. The zero-order valence-electron chi connectivity index (χ0n) is 10.3. The minimum absolute atomic E-state index is 0.000165. The third kappa shape index (κ3) is 8.23.